The summed E-state index contributed by atoms with van der Waals surface area (Å²) in [4.78, 5) is 24.1. The van der Waals surface area contributed by atoms with Gasteiger partial charge in [0.2, 0.25) is 5.91 Å². The van der Waals surface area contributed by atoms with Crippen LogP contribution in [0.1, 0.15) is 32.6 Å². The molecular formula is C19H19F3N2O2. The quantitative estimate of drug-likeness (QED) is 0.856. The van der Waals surface area contributed by atoms with Gasteiger partial charge in [0.15, 0.2) is 0 Å². The first-order valence-electron chi connectivity index (χ1n) is 7.91. The second-order valence-corrected chi connectivity index (χ2v) is 6.21. The lowest BCUT2D eigenvalue weighted by Gasteiger charge is -2.17. The summed E-state index contributed by atoms with van der Waals surface area (Å²) in [6.07, 6.45) is -4.61. The normalized spacial score (nSPS) is 12.5. The van der Waals surface area contributed by atoms with Crippen molar-refractivity contribution in [1.82, 2.24) is 5.32 Å². The van der Waals surface area contributed by atoms with Crippen molar-refractivity contribution in [2.75, 3.05) is 0 Å². The van der Waals surface area contributed by atoms with Crippen LogP contribution in [0.15, 0.2) is 42.5 Å². The Morgan fingerprint density at radius 3 is 2.23 bits per heavy atom. The van der Waals surface area contributed by atoms with Crippen molar-refractivity contribution >= 4 is 11.8 Å². The molecule has 0 fully saturated rings. The first kappa shape index (κ1) is 19.5. The smallest absolute Gasteiger partial charge is 0.368 e. The van der Waals surface area contributed by atoms with E-state index in [0.29, 0.717) is 5.56 Å². The summed E-state index contributed by atoms with van der Waals surface area (Å²) in [7, 11) is 0. The topological polar surface area (TPSA) is 72.2 Å². The van der Waals surface area contributed by atoms with E-state index < -0.39 is 29.6 Å². The molecule has 0 saturated heterocycles. The third kappa shape index (κ3) is 5.08. The number of carbonyl (C=O) groups excluding carboxylic acids is 2. The fourth-order valence-corrected chi connectivity index (χ4v) is 2.68. The minimum absolute atomic E-state index is 0.129. The molecule has 4 nitrogen and oxygen atoms in total. The molecule has 2 aromatic carbocycles. The lowest BCUT2D eigenvalue weighted by atomic mass is 10.0. The molecule has 1 atom stereocenters. The molecule has 0 saturated carbocycles. The summed E-state index contributed by atoms with van der Waals surface area (Å²) in [5.74, 6) is -1.33. The van der Waals surface area contributed by atoms with Crippen molar-refractivity contribution < 1.29 is 22.8 Å². The van der Waals surface area contributed by atoms with Gasteiger partial charge in [-0.15, -0.1) is 0 Å². The number of hydrogen-bond donors (Lipinski definition) is 2. The highest BCUT2D eigenvalue weighted by Crippen LogP contribution is 2.29. The molecule has 138 valence electrons. The van der Waals surface area contributed by atoms with Gasteiger partial charge in [-0.3, -0.25) is 9.59 Å². The highest BCUT2D eigenvalue weighted by Gasteiger charge is 2.30. The zero-order valence-corrected chi connectivity index (χ0v) is 14.4. The Labute approximate surface area is 149 Å². The summed E-state index contributed by atoms with van der Waals surface area (Å²) in [5.41, 5.74) is 6.87. The largest absolute Gasteiger partial charge is 0.416 e. The number of nitrogens with two attached hydrogens (primary N) is 1. The third-order valence-electron chi connectivity index (χ3n) is 3.83. The maximum atomic E-state index is 12.8. The number of hydrogen-bond acceptors (Lipinski definition) is 2. The van der Waals surface area contributed by atoms with Crippen molar-refractivity contribution in [2.45, 2.75) is 32.5 Å². The Bertz CT molecular complexity index is 812. The Balaban J connectivity index is 2.19. The van der Waals surface area contributed by atoms with Crippen LogP contribution in [0.5, 0.6) is 0 Å². The third-order valence-corrected chi connectivity index (χ3v) is 3.83. The lowest BCUT2D eigenvalue weighted by molar-refractivity contribution is -0.137. The van der Waals surface area contributed by atoms with Gasteiger partial charge in [-0.2, -0.15) is 13.2 Å². The molecule has 0 bridgehead atoms. The Morgan fingerprint density at radius 2 is 1.69 bits per heavy atom. The number of aryl methyl sites for hydroxylation is 2. The van der Waals surface area contributed by atoms with E-state index in [1.54, 1.807) is 12.1 Å². The molecule has 0 aliphatic heterocycles. The number of nitrogens with one attached hydrogen (secondary N) is 1. The minimum atomic E-state index is -4.49. The molecule has 0 heterocycles. The molecule has 0 unspecified atom stereocenters. The van der Waals surface area contributed by atoms with Crippen LogP contribution < -0.4 is 11.1 Å². The van der Waals surface area contributed by atoms with E-state index in [-0.39, 0.29) is 12.0 Å². The van der Waals surface area contributed by atoms with Crippen molar-refractivity contribution in [3.63, 3.8) is 0 Å². The number of carbonyl (C=O) groups is 2. The van der Waals surface area contributed by atoms with Crippen molar-refractivity contribution in [3.8, 4) is 0 Å². The predicted molar refractivity (Wildman–Crippen MR) is 91.5 cm³/mol. The standard InChI is InChI=1S/C19H19F3N2O2/c1-11-6-12(2)8-14(7-11)18(26)24-16(17(23)25)10-13-4-3-5-15(9-13)19(20,21)22/h3-9,16H,10H2,1-2H3,(H2,23,25)(H,24,26)/t16-/m0/s1. The Morgan fingerprint density at radius 1 is 1.08 bits per heavy atom. The van der Waals surface area contributed by atoms with Crippen LogP contribution in [-0.4, -0.2) is 17.9 Å². The van der Waals surface area contributed by atoms with E-state index in [9.17, 15) is 22.8 Å². The monoisotopic (exact) mass is 364 g/mol. The first-order valence-corrected chi connectivity index (χ1v) is 7.91. The van der Waals surface area contributed by atoms with Gasteiger partial charge in [-0.25, -0.2) is 0 Å². The van der Waals surface area contributed by atoms with Crippen LogP contribution >= 0.6 is 0 Å². The van der Waals surface area contributed by atoms with Crippen molar-refractivity contribution in [3.05, 3.63) is 70.3 Å². The molecule has 7 heteroatoms. The average Bonchev–Trinajstić information content (AvgIpc) is 2.52. The molecule has 2 amide bonds. The summed E-state index contributed by atoms with van der Waals surface area (Å²) < 4.78 is 38.4. The fourth-order valence-electron chi connectivity index (χ4n) is 2.68. The van der Waals surface area contributed by atoms with Gasteiger partial charge in [-0.05, 0) is 37.6 Å². The van der Waals surface area contributed by atoms with Crippen molar-refractivity contribution in [2.24, 2.45) is 5.73 Å². The SMILES string of the molecule is Cc1cc(C)cc(C(=O)N[C@@H](Cc2cccc(C(F)(F)F)c2)C(N)=O)c1. The average molecular weight is 364 g/mol. The molecule has 26 heavy (non-hydrogen) atoms. The van der Waals surface area contributed by atoms with Crippen LogP contribution in [0.25, 0.3) is 0 Å². The predicted octanol–water partition coefficient (Wildman–Crippen LogP) is 3.15. The van der Waals surface area contributed by atoms with Crippen LogP contribution in [0.4, 0.5) is 13.2 Å². The maximum absolute atomic E-state index is 12.8. The van der Waals surface area contributed by atoms with Gasteiger partial charge >= 0.3 is 6.18 Å². The van der Waals surface area contributed by atoms with E-state index in [4.69, 9.17) is 5.73 Å². The molecule has 0 radical (unpaired) electrons. The van der Waals surface area contributed by atoms with Gasteiger partial charge in [0.05, 0.1) is 5.56 Å². The van der Waals surface area contributed by atoms with E-state index >= 15 is 0 Å². The molecule has 2 rings (SSSR count). The van der Waals surface area contributed by atoms with Gasteiger partial charge in [0.25, 0.3) is 5.91 Å². The number of alkyl halides is 3. The summed E-state index contributed by atoms with van der Waals surface area (Å²) in [6.45, 7) is 3.66. The zero-order valence-electron chi connectivity index (χ0n) is 14.4. The van der Waals surface area contributed by atoms with Gasteiger partial charge in [0.1, 0.15) is 6.04 Å². The second-order valence-electron chi connectivity index (χ2n) is 6.21. The minimum Gasteiger partial charge on any atom is -0.368 e. The van der Waals surface area contributed by atoms with E-state index in [2.05, 4.69) is 5.32 Å². The van der Waals surface area contributed by atoms with Crippen LogP contribution in [0.3, 0.4) is 0 Å². The number of rotatable bonds is 5. The van der Waals surface area contributed by atoms with Gasteiger partial charge in [-0.1, -0.05) is 35.4 Å². The molecule has 0 aliphatic rings. The maximum Gasteiger partial charge on any atom is 0.416 e. The fraction of sp³-hybridized carbons (Fsp3) is 0.263. The van der Waals surface area contributed by atoms with E-state index in [0.717, 1.165) is 23.3 Å². The van der Waals surface area contributed by atoms with Crippen molar-refractivity contribution in [1.29, 1.82) is 0 Å². The molecular weight excluding hydrogens is 345 g/mol. The Kier molecular flexibility index (Phi) is 5.69. The zero-order chi connectivity index (χ0) is 19.5. The summed E-state index contributed by atoms with van der Waals surface area (Å²) in [5, 5.41) is 2.50. The number of primary amides is 1. The summed E-state index contributed by atoms with van der Waals surface area (Å²) in [6, 6.07) is 8.68. The molecule has 3 N–H and O–H groups in total. The molecule has 0 spiro atoms. The molecule has 0 aliphatic carbocycles. The van der Waals surface area contributed by atoms with E-state index in [1.165, 1.54) is 12.1 Å². The van der Waals surface area contributed by atoms with Crippen LogP contribution in [0.2, 0.25) is 0 Å². The summed E-state index contributed by atoms with van der Waals surface area (Å²) >= 11 is 0. The number of amides is 2. The number of halogens is 3. The van der Waals surface area contributed by atoms with Gasteiger partial charge in [0, 0.05) is 12.0 Å². The Hall–Kier alpha value is -2.83. The molecule has 0 aromatic heterocycles. The van der Waals surface area contributed by atoms with Crippen LogP contribution in [-0.2, 0) is 17.4 Å². The molecule has 2 aromatic rings. The highest BCUT2D eigenvalue weighted by molar-refractivity contribution is 5.97. The van der Waals surface area contributed by atoms with E-state index in [1.807, 2.05) is 19.9 Å². The van der Waals surface area contributed by atoms with Gasteiger partial charge < -0.3 is 11.1 Å². The van der Waals surface area contributed by atoms with Crippen LogP contribution in [0, 0.1) is 13.8 Å². The lowest BCUT2D eigenvalue weighted by Crippen LogP contribution is -2.45. The highest BCUT2D eigenvalue weighted by atomic mass is 19.4. The number of benzene rings is 2. The second kappa shape index (κ2) is 7.59. The first-order chi connectivity index (χ1) is 12.1.